The minimum absolute atomic E-state index is 0.334. The summed E-state index contributed by atoms with van der Waals surface area (Å²) in [5.74, 6) is 0.786. The van der Waals surface area contributed by atoms with Gasteiger partial charge in [0.1, 0.15) is 0 Å². The fraction of sp³-hybridized carbons (Fsp3) is 0.786. The summed E-state index contributed by atoms with van der Waals surface area (Å²) in [4.78, 5) is 0. The summed E-state index contributed by atoms with van der Waals surface area (Å²) in [5, 5.41) is 7.85. The Kier molecular flexibility index (Phi) is 5.07. The van der Waals surface area contributed by atoms with Crippen molar-refractivity contribution in [2.45, 2.75) is 52.1 Å². The third-order valence-electron chi connectivity index (χ3n) is 4.04. The molecular weight excluding hydrogens is 246 g/mol. The number of nitrogens with zero attached hydrogens (tertiary/aromatic N) is 2. The largest absolute Gasteiger partial charge is 0.312 e. The molecule has 1 aliphatic rings. The number of rotatable bonds is 6. The van der Waals surface area contributed by atoms with Crippen LogP contribution in [0.2, 0.25) is 0 Å². The van der Waals surface area contributed by atoms with Crippen LogP contribution in [-0.2, 0) is 13.1 Å². The standard InChI is InChI=1S/C14H24ClN3/c1-2-18-10-13(9-17-18)8-16-12-14(11-15)6-4-3-5-7-14/h9-10,16H,2-8,11-12H2,1H3. The van der Waals surface area contributed by atoms with Gasteiger partial charge in [-0.15, -0.1) is 11.6 Å². The quantitative estimate of drug-likeness (QED) is 0.804. The van der Waals surface area contributed by atoms with Crippen LogP contribution in [0.15, 0.2) is 12.4 Å². The van der Waals surface area contributed by atoms with Crippen molar-refractivity contribution in [3.8, 4) is 0 Å². The van der Waals surface area contributed by atoms with E-state index in [1.54, 1.807) is 0 Å². The topological polar surface area (TPSA) is 29.9 Å². The Morgan fingerprint density at radius 3 is 2.78 bits per heavy atom. The third-order valence-corrected chi connectivity index (χ3v) is 4.60. The van der Waals surface area contributed by atoms with Gasteiger partial charge in [0.05, 0.1) is 6.20 Å². The van der Waals surface area contributed by atoms with Crippen molar-refractivity contribution in [3.63, 3.8) is 0 Å². The summed E-state index contributed by atoms with van der Waals surface area (Å²) in [5.41, 5.74) is 1.60. The van der Waals surface area contributed by atoms with Crippen molar-refractivity contribution in [1.29, 1.82) is 0 Å². The Balaban J connectivity index is 1.79. The van der Waals surface area contributed by atoms with Gasteiger partial charge in [-0.1, -0.05) is 19.3 Å². The molecule has 0 spiro atoms. The molecule has 1 saturated carbocycles. The van der Waals surface area contributed by atoms with Gasteiger partial charge in [-0.2, -0.15) is 5.10 Å². The van der Waals surface area contributed by atoms with Crippen LogP contribution in [0.3, 0.4) is 0 Å². The van der Waals surface area contributed by atoms with Gasteiger partial charge in [0.2, 0.25) is 0 Å². The maximum Gasteiger partial charge on any atom is 0.0534 e. The SMILES string of the molecule is CCn1cc(CNCC2(CCl)CCCCC2)cn1. The van der Waals surface area contributed by atoms with E-state index < -0.39 is 0 Å². The molecule has 1 heterocycles. The van der Waals surface area contributed by atoms with Crippen molar-refractivity contribution in [3.05, 3.63) is 18.0 Å². The first-order chi connectivity index (χ1) is 8.78. The number of nitrogens with one attached hydrogen (secondary N) is 1. The fourth-order valence-electron chi connectivity index (χ4n) is 2.80. The Bertz CT molecular complexity index is 356. The molecule has 1 aliphatic carbocycles. The molecule has 1 aromatic rings. The van der Waals surface area contributed by atoms with Crippen LogP contribution in [-0.4, -0.2) is 22.2 Å². The van der Waals surface area contributed by atoms with E-state index in [9.17, 15) is 0 Å². The van der Waals surface area contributed by atoms with Gasteiger partial charge < -0.3 is 5.32 Å². The molecule has 0 saturated heterocycles. The fourth-order valence-corrected chi connectivity index (χ4v) is 3.16. The van der Waals surface area contributed by atoms with Gasteiger partial charge >= 0.3 is 0 Å². The molecule has 18 heavy (non-hydrogen) atoms. The maximum atomic E-state index is 6.19. The Morgan fingerprint density at radius 2 is 2.17 bits per heavy atom. The molecule has 4 heteroatoms. The van der Waals surface area contributed by atoms with Crippen molar-refractivity contribution in [2.24, 2.45) is 5.41 Å². The zero-order valence-electron chi connectivity index (χ0n) is 11.3. The van der Waals surface area contributed by atoms with Gasteiger partial charge in [0, 0.05) is 37.3 Å². The van der Waals surface area contributed by atoms with Gasteiger partial charge in [0.15, 0.2) is 0 Å². The normalized spacial score (nSPS) is 19.0. The summed E-state index contributed by atoms with van der Waals surface area (Å²) in [6.45, 7) is 4.98. The summed E-state index contributed by atoms with van der Waals surface area (Å²) >= 11 is 6.19. The highest BCUT2D eigenvalue weighted by atomic mass is 35.5. The summed E-state index contributed by atoms with van der Waals surface area (Å²) in [6, 6.07) is 0. The minimum atomic E-state index is 0.334. The third kappa shape index (κ3) is 3.48. The van der Waals surface area contributed by atoms with E-state index in [1.807, 2.05) is 10.9 Å². The maximum absolute atomic E-state index is 6.19. The number of halogens is 1. The summed E-state index contributed by atoms with van der Waals surface area (Å²) in [7, 11) is 0. The Hall–Kier alpha value is -0.540. The summed E-state index contributed by atoms with van der Waals surface area (Å²) < 4.78 is 1.97. The van der Waals surface area contributed by atoms with E-state index in [2.05, 4.69) is 23.5 Å². The van der Waals surface area contributed by atoms with E-state index in [0.717, 1.165) is 25.5 Å². The first kappa shape index (κ1) is 13.9. The monoisotopic (exact) mass is 269 g/mol. The van der Waals surface area contributed by atoms with Crippen molar-refractivity contribution in [2.75, 3.05) is 12.4 Å². The molecule has 1 N–H and O–H groups in total. The van der Waals surface area contributed by atoms with Gasteiger partial charge in [0.25, 0.3) is 0 Å². The molecule has 1 fully saturated rings. The lowest BCUT2D eigenvalue weighted by atomic mass is 9.75. The van der Waals surface area contributed by atoms with Gasteiger partial charge in [-0.05, 0) is 25.2 Å². The number of alkyl halides is 1. The van der Waals surface area contributed by atoms with Crippen LogP contribution in [0.4, 0.5) is 0 Å². The molecule has 0 aromatic carbocycles. The molecule has 0 radical (unpaired) electrons. The minimum Gasteiger partial charge on any atom is -0.312 e. The average Bonchev–Trinajstić information content (AvgIpc) is 2.88. The first-order valence-electron chi connectivity index (χ1n) is 7.06. The molecule has 3 nitrogen and oxygen atoms in total. The predicted octanol–water partition coefficient (Wildman–Crippen LogP) is 3.18. The Morgan fingerprint density at radius 1 is 1.39 bits per heavy atom. The molecule has 0 atom stereocenters. The van der Waals surface area contributed by atoms with Crippen LogP contribution >= 0.6 is 11.6 Å². The lowest BCUT2D eigenvalue weighted by molar-refractivity contribution is 0.212. The highest BCUT2D eigenvalue weighted by molar-refractivity contribution is 6.18. The lowest BCUT2D eigenvalue weighted by Gasteiger charge is -2.35. The van der Waals surface area contributed by atoms with E-state index in [1.165, 1.54) is 37.7 Å². The molecule has 0 bridgehead atoms. The molecule has 0 unspecified atom stereocenters. The smallest absolute Gasteiger partial charge is 0.0534 e. The number of hydrogen-bond acceptors (Lipinski definition) is 2. The van der Waals surface area contributed by atoms with Crippen LogP contribution in [0.5, 0.6) is 0 Å². The zero-order chi connectivity index (χ0) is 12.8. The molecule has 0 amide bonds. The van der Waals surface area contributed by atoms with Gasteiger partial charge in [-0.25, -0.2) is 0 Å². The van der Waals surface area contributed by atoms with Crippen LogP contribution in [0.25, 0.3) is 0 Å². The summed E-state index contributed by atoms with van der Waals surface area (Å²) in [6.07, 6.45) is 10.7. The second-order valence-corrected chi connectivity index (χ2v) is 5.77. The zero-order valence-corrected chi connectivity index (χ0v) is 12.0. The first-order valence-corrected chi connectivity index (χ1v) is 7.59. The highest BCUT2D eigenvalue weighted by Crippen LogP contribution is 2.36. The molecular formula is C14H24ClN3. The van der Waals surface area contributed by atoms with Gasteiger partial charge in [-0.3, -0.25) is 4.68 Å². The van der Waals surface area contributed by atoms with E-state index in [4.69, 9.17) is 11.6 Å². The number of hydrogen-bond donors (Lipinski definition) is 1. The highest BCUT2D eigenvalue weighted by Gasteiger charge is 2.30. The predicted molar refractivity (Wildman–Crippen MR) is 75.8 cm³/mol. The van der Waals surface area contributed by atoms with E-state index >= 15 is 0 Å². The molecule has 102 valence electrons. The van der Waals surface area contributed by atoms with Crippen LogP contribution < -0.4 is 5.32 Å². The van der Waals surface area contributed by atoms with Crippen molar-refractivity contribution >= 4 is 11.6 Å². The van der Waals surface area contributed by atoms with E-state index in [0.29, 0.717) is 5.41 Å². The van der Waals surface area contributed by atoms with E-state index in [-0.39, 0.29) is 0 Å². The average molecular weight is 270 g/mol. The number of aromatic nitrogens is 2. The lowest BCUT2D eigenvalue weighted by Crippen LogP contribution is -2.37. The van der Waals surface area contributed by atoms with Crippen LogP contribution in [0, 0.1) is 5.41 Å². The molecule has 0 aliphatic heterocycles. The molecule has 2 rings (SSSR count). The van der Waals surface area contributed by atoms with Crippen molar-refractivity contribution < 1.29 is 0 Å². The number of aryl methyl sites for hydroxylation is 1. The van der Waals surface area contributed by atoms with Crippen LogP contribution in [0.1, 0.15) is 44.6 Å². The Labute approximate surface area is 115 Å². The molecule has 1 aromatic heterocycles. The second-order valence-electron chi connectivity index (χ2n) is 5.50. The second kappa shape index (κ2) is 6.58. The van der Waals surface area contributed by atoms with Crippen molar-refractivity contribution in [1.82, 2.24) is 15.1 Å².